The van der Waals surface area contributed by atoms with Crippen molar-refractivity contribution in [2.24, 2.45) is 5.92 Å². The Morgan fingerprint density at radius 3 is 2.31 bits per heavy atom. The minimum atomic E-state index is -0.367. The van der Waals surface area contributed by atoms with Gasteiger partial charge in [-0.25, -0.2) is 0 Å². The van der Waals surface area contributed by atoms with Crippen LogP contribution in [-0.2, 0) is 9.47 Å². The predicted octanol–water partition coefficient (Wildman–Crippen LogP) is 8.16. The molecule has 0 bridgehead atoms. The van der Waals surface area contributed by atoms with Gasteiger partial charge in [-0.15, -0.1) is 6.58 Å². The Morgan fingerprint density at radius 1 is 1.10 bits per heavy atom. The minimum absolute atomic E-state index is 0.323. The molecule has 2 heteroatoms. The van der Waals surface area contributed by atoms with Gasteiger partial charge in [0.2, 0.25) is 0 Å². The van der Waals surface area contributed by atoms with Crippen molar-refractivity contribution in [3.8, 4) is 0 Å². The highest BCUT2D eigenvalue weighted by molar-refractivity contribution is 5.21. The van der Waals surface area contributed by atoms with Crippen molar-refractivity contribution in [1.82, 2.24) is 0 Å². The molecule has 0 radical (unpaired) electrons. The summed E-state index contributed by atoms with van der Waals surface area (Å²) in [5, 5.41) is 0. The summed E-state index contributed by atoms with van der Waals surface area (Å²) in [7, 11) is 0. The fourth-order valence-corrected chi connectivity index (χ4v) is 4.56. The van der Waals surface area contributed by atoms with Gasteiger partial charge in [0.1, 0.15) is 0 Å². The molecule has 29 heavy (non-hydrogen) atoms. The van der Waals surface area contributed by atoms with Gasteiger partial charge in [-0.05, 0) is 32.1 Å². The van der Waals surface area contributed by atoms with Crippen LogP contribution in [0.2, 0.25) is 0 Å². The zero-order valence-electron chi connectivity index (χ0n) is 19.4. The summed E-state index contributed by atoms with van der Waals surface area (Å²) < 4.78 is 13.2. The van der Waals surface area contributed by atoms with Crippen LogP contribution in [0.15, 0.2) is 54.6 Å². The van der Waals surface area contributed by atoms with E-state index in [4.69, 9.17) is 9.47 Å². The fraction of sp³-hybridized carbons (Fsp3) is 0.630. The molecule has 1 heterocycles. The standard InChI is InChI=1S/C27H42O2/c1-7-12-16-23(8-2)19-22(6)20-27(11-5)21-26(9-3,10-4)28-25(29-27)24-17-14-13-15-18-24/h9,13-15,17-18,20,23,25H,3,7-8,10-12,16,19,21H2,1-2,4-6H3/b22-20+/t23-,25+,26+,27-/m0/s1. The van der Waals surface area contributed by atoms with Gasteiger partial charge < -0.3 is 9.47 Å². The first-order chi connectivity index (χ1) is 13.9. The van der Waals surface area contributed by atoms with Crippen LogP contribution in [0.3, 0.4) is 0 Å². The van der Waals surface area contributed by atoms with E-state index in [9.17, 15) is 0 Å². The quantitative estimate of drug-likeness (QED) is 0.350. The van der Waals surface area contributed by atoms with E-state index in [1.165, 1.54) is 31.3 Å². The maximum atomic E-state index is 6.69. The normalized spacial score (nSPS) is 28.9. The number of allylic oxidation sites excluding steroid dienone is 1. The van der Waals surface area contributed by atoms with Crippen molar-refractivity contribution in [2.45, 2.75) is 103 Å². The van der Waals surface area contributed by atoms with Crippen LogP contribution in [0.1, 0.15) is 97.8 Å². The summed E-state index contributed by atoms with van der Waals surface area (Å²) in [6.45, 7) is 15.4. The summed E-state index contributed by atoms with van der Waals surface area (Å²) >= 11 is 0. The fourth-order valence-electron chi connectivity index (χ4n) is 4.56. The van der Waals surface area contributed by atoms with Gasteiger partial charge in [0.25, 0.3) is 0 Å². The summed E-state index contributed by atoms with van der Waals surface area (Å²) in [6, 6.07) is 10.3. The molecule has 0 N–H and O–H groups in total. The predicted molar refractivity (Wildman–Crippen MR) is 124 cm³/mol. The van der Waals surface area contributed by atoms with E-state index in [-0.39, 0.29) is 17.5 Å². The van der Waals surface area contributed by atoms with Crippen molar-refractivity contribution in [1.29, 1.82) is 0 Å². The molecule has 0 aromatic heterocycles. The zero-order valence-corrected chi connectivity index (χ0v) is 19.4. The van der Waals surface area contributed by atoms with Gasteiger partial charge in [0.15, 0.2) is 6.29 Å². The molecule has 2 nitrogen and oxygen atoms in total. The molecular weight excluding hydrogens is 356 g/mol. The summed E-state index contributed by atoms with van der Waals surface area (Å²) in [6.07, 6.45) is 13.0. The van der Waals surface area contributed by atoms with Crippen LogP contribution in [0.5, 0.6) is 0 Å². The molecule has 1 saturated heterocycles. The number of unbranched alkanes of at least 4 members (excludes halogenated alkanes) is 1. The zero-order chi connectivity index (χ0) is 21.3. The lowest BCUT2D eigenvalue weighted by molar-refractivity contribution is -0.298. The number of hydrogen-bond acceptors (Lipinski definition) is 2. The number of rotatable bonds is 11. The summed E-state index contributed by atoms with van der Waals surface area (Å²) in [4.78, 5) is 0. The molecule has 4 atom stereocenters. The Bertz CT molecular complexity index is 650. The summed E-state index contributed by atoms with van der Waals surface area (Å²) in [5.41, 5.74) is 1.83. The van der Waals surface area contributed by atoms with E-state index in [2.05, 4.69) is 59.4 Å². The van der Waals surface area contributed by atoms with Crippen molar-refractivity contribution >= 4 is 0 Å². The lowest BCUT2D eigenvalue weighted by Gasteiger charge is -2.48. The average Bonchev–Trinajstić information content (AvgIpc) is 2.76. The second-order valence-electron chi connectivity index (χ2n) is 8.81. The van der Waals surface area contributed by atoms with Gasteiger partial charge in [-0.3, -0.25) is 0 Å². The lowest BCUT2D eigenvalue weighted by atomic mass is 9.79. The van der Waals surface area contributed by atoms with Crippen LogP contribution in [-0.4, -0.2) is 11.2 Å². The van der Waals surface area contributed by atoms with Gasteiger partial charge in [-0.2, -0.15) is 0 Å². The van der Waals surface area contributed by atoms with Crippen LogP contribution >= 0.6 is 0 Å². The number of benzene rings is 1. The molecule has 1 aliphatic rings. The van der Waals surface area contributed by atoms with E-state index in [0.29, 0.717) is 0 Å². The molecule has 2 rings (SSSR count). The molecule has 0 aliphatic carbocycles. The van der Waals surface area contributed by atoms with E-state index in [1.807, 2.05) is 24.3 Å². The molecule has 1 aliphatic heterocycles. The highest BCUT2D eigenvalue weighted by atomic mass is 16.7. The second-order valence-corrected chi connectivity index (χ2v) is 8.81. The molecule has 162 valence electrons. The smallest absolute Gasteiger partial charge is 0.185 e. The molecule has 1 aromatic carbocycles. The third kappa shape index (κ3) is 6.30. The van der Waals surface area contributed by atoms with E-state index in [1.54, 1.807) is 0 Å². The van der Waals surface area contributed by atoms with Crippen molar-refractivity contribution in [2.75, 3.05) is 0 Å². The van der Waals surface area contributed by atoms with Crippen molar-refractivity contribution < 1.29 is 9.47 Å². The molecule has 0 amide bonds. The monoisotopic (exact) mass is 398 g/mol. The molecular formula is C27H42O2. The third-order valence-electron chi connectivity index (χ3n) is 6.59. The van der Waals surface area contributed by atoms with Crippen LogP contribution in [0, 0.1) is 5.92 Å². The summed E-state index contributed by atoms with van der Waals surface area (Å²) in [5.74, 6) is 0.764. The Morgan fingerprint density at radius 2 is 1.76 bits per heavy atom. The van der Waals surface area contributed by atoms with Crippen LogP contribution < -0.4 is 0 Å². The SMILES string of the molecule is C=C[C@@]1(CC)C[C@@](/C=C(\C)C[C@@H](CC)CCCC)(CC)O[C@H](c2ccccc2)O1. The maximum absolute atomic E-state index is 6.69. The highest BCUT2D eigenvalue weighted by Crippen LogP contribution is 2.46. The van der Waals surface area contributed by atoms with Gasteiger partial charge >= 0.3 is 0 Å². The molecule has 0 unspecified atom stereocenters. The second kappa shape index (κ2) is 11.1. The number of ether oxygens (including phenoxy) is 2. The first-order valence-corrected chi connectivity index (χ1v) is 11.7. The van der Waals surface area contributed by atoms with Crippen molar-refractivity contribution in [3.63, 3.8) is 0 Å². The molecule has 1 fully saturated rings. The average molecular weight is 399 g/mol. The molecule has 1 aromatic rings. The van der Waals surface area contributed by atoms with E-state index < -0.39 is 0 Å². The Kier molecular flexibility index (Phi) is 9.17. The first-order valence-electron chi connectivity index (χ1n) is 11.7. The third-order valence-corrected chi connectivity index (χ3v) is 6.59. The highest BCUT2D eigenvalue weighted by Gasteiger charge is 2.46. The largest absolute Gasteiger partial charge is 0.338 e. The van der Waals surface area contributed by atoms with Crippen LogP contribution in [0.25, 0.3) is 0 Å². The molecule has 0 saturated carbocycles. The van der Waals surface area contributed by atoms with E-state index in [0.717, 1.165) is 37.2 Å². The Balaban J connectivity index is 2.32. The van der Waals surface area contributed by atoms with Gasteiger partial charge in [-0.1, -0.05) is 101 Å². The van der Waals surface area contributed by atoms with Crippen LogP contribution in [0.4, 0.5) is 0 Å². The lowest BCUT2D eigenvalue weighted by Crippen LogP contribution is -2.49. The van der Waals surface area contributed by atoms with Gasteiger partial charge in [0.05, 0.1) is 11.2 Å². The first kappa shape index (κ1) is 23.9. The van der Waals surface area contributed by atoms with Gasteiger partial charge in [0, 0.05) is 12.0 Å². The van der Waals surface area contributed by atoms with Crippen molar-refractivity contribution in [3.05, 3.63) is 60.2 Å². The molecule has 0 spiro atoms. The Labute approximate surface area is 179 Å². The Hall–Kier alpha value is -1.38. The maximum Gasteiger partial charge on any atom is 0.185 e. The van der Waals surface area contributed by atoms with E-state index >= 15 is 0 Å². The minimum Gasteiger partial charge on any atom is -0.338 e. The number of hydrogen-bond donors (Lipinski definition) is 0. The topological polar surface area (TPSA) is 18.5 Å².